The number of piperazine rings is 1. The molecular formula is C24H23FN2O4. The number of hydrogen-bond acceptors (Lipinski definition) is 4. The van der Waals surface area contributed by atoms with Crippen LogP contribution in [0.3, 0.4) is 0 Å². The summed E-state index contributed by atoms with van der Waals surface area (Å²) in [5.74, 6) is 0.658. The Bertz CT molecular complexity index is 1130. The highest BCUT2D eigenvalue weighted by Crippen LogP contribution is 2.48. The Balaban J connectivity index is 1.20. The van der Waals surface area contributed by atoms with Gasteiger partial charge in [0.1, 0.15) is 5.82 Å². The molecule has 1 aliphatic carbocycles. The summed E-state index contributed by atoms with van der Waals surface area (Å²) in [6, 6.07) is 13.6. The van der Waals surface area contributed by atoms with Gasteiger partial charge in [-0.15, -0.1) is 0 Å². The molecule has 0 spiro atoms. The van der Waals surface area contributed by atoms with E-state index in [0.717, 1.165) is 17.4 Å². The van der Waals surface area contributed by atoms with Crippen molar-refractivity contribution in [3.63, 3.8) is 0 Å². The van der Waals surface area contributed by atoms with Crippen LogP contribution in [-0.4, -0.2) is 54.9 Å². The van der Waals surface area contributed by atoms with Crippen LogP contribution in [0.4, 0.5) is 4.39 Å². The Kier molecular flexibility index (Phi) is 4.88. The number of methoxy groups -OCH3 is 1. The molecule has 2 aliphatic rings. The molecule has 2 heterocycles. The van der Waals surface area contributed by atoms with Crippen molar-refractivity contribution in [1.82, 2.24) is 9.80 Å². The van der Waals surface area contributed by atoms with Crippen molar-refractivity contribution in [2.75, 3.05) is 33.3 Å². The van der Waals surface area contributed by atoms with E-state index in [-0.39, 0.29) is 35.2 Å². The van der Waals surface area contributed by atoms with Gasteiger partial charge in [-0.3, -0.25) is 9.59 Å². The number of benzene rings is 2. The lowest BCUT2D eigenvalue weighted by Crippen LogP contribution is -2.51. The zero-order valence-corrected chi connectivity index (χ0v) is 17.2. The van der Waals surface area contributed by atoms with Crippen molar-refractivity contribution in [3.05, 3.63) is 65.7 Å². The number of para-hydroxylation sites is 1. The number of furan rings is 1. The van der Waals surface area contributed by atoms with Crippen LogP contribution < -0.4 is 4.74 Å². The zero-order chi connectivity index (χ0) is 21.5. The van der Waals surface area contributed by atoms with E-state index in [2.05, 4.69) is 0 Å². The van der Waals surface area contributed by atoms with Gasteiger partial charge < -0.3 is 19.0 Å². The van der Waals surface area contributed by atoms with Crippen molar-refractivity contribution in [3.8, 4) is 5.75 Å². The normalized spacial score (nSPS) is 20.7. The second kappa shape index (κ2) is 7.72. The minimum atomic E-state index is -0.268. The quantitative estimate of drug-likeness (QED) is 0.644. The van der Waals surface area contributed by atoms with Gasteiger partial charge in [-0.05, 0) is 42.2 Å². The first-order chi connectivity index (χ1) is 15.0. The summed E-state index contributed by atoms with van der Waals surface area (Å²) in [5.41, 5.74) is 1.57. The monoisotopic (exact) mass is 422 g/mol. The Morgan fingerprint density at radius 1 is 1.03 bits per heavy atom. The number of rotatable bonds is 4. The maximum Gasteiger partial charge on any atom is 0.289 e. The minimum absolute atomic E-state index is 0.0458. The van der Waals surface area contributed by atoms with Crippen LogP contribution in [0.2, 0.25) is 0 Å². The van der Waals surface area contributed by atoms with Gasteiger partial charge in [-0.25, -0.2) is 4.39 Å². The first-order valence-electron chi connectivity index (χ1n) is 10.4. The van der Waals surface area contributed by atoms with Gasteiger partial charge in [0, 0.05) is 37.5 Å². The minimum Gasteiger partial charge on any atom is -0.493 e. The molecule has 2 fully saturated rings. The highest BCUT2D eigenvalue weighted by molar-refractivity contribution is 5.97. The molecule has 1 aromatic heterocycles. The molecule has 0 bridgehead atoms. The van der Waals surface area contributed by atoms with Gasteiger partial charge in [0.05, 0.1) is 7.11 Å². The molecule has 2 amide bonds. The van der Waals surface area contributed by atoms with E-state index >= 15 is 0 Å². The fourth-order valence-corrected chi connectivity index (χ4v) is 4.37. The highest BCUT2D eigenvalue weighted by atomic mass is 19.1. The predicted molar refractivity (Wildman–Crippen MR) is 112 cm³/mol. The molecule has 6 nitrogen and oxygen atoms in total. The van der Waals surface area contributed by atoms with E-state index in [9.17, 15) is 14.0 Å². The molecule has 5 rings (SSSR count). The Labute approximate surface area is 179 Å². The van der Waals surface area contributed by atoms with Crippen molar-refractivity contribution in [1.29, 1.82) is 0 Å². The van der Waals surface area contributed by atoms with Crippen molar-refractivity contribution in [2.24, 2.45) is 5.92 Å². The lowest BCUT2D eigenvalue weighted by molar-refractivity contribution is -0.134. The molecule has 7 heteroatoms. The van der Waals surface area contributed by atoms with Crippen LogP contribution >= 0.6 is 0 Å². The fraction of sp³-hybridized carbons (Fsp3) is 0.333. The van der Waals surface area contributed by atoms with Gasteiger partial charge >= 0.3 is 0 Å². The molecule has 2 aromatic carbocycles. The predicted octanol–water partition coefficient (Wildman–Crippen LogP) is 3.67. The number of halogens is 1. The van der Waals surface area contributed by atoms with Gasteiger partial charge in [0.25, 0.3) is 5.91 Å². The Morgan fingerprint density at radius 3 is 2.45 bits per heavy atom. The largest absolute Gasteiger partial charge is 0.493 e. The number of nitrogens with zero attached hydrogens (tertiary/aromatic N) is 2. The average molecular weight is 422 g/mol. The SMILES string of the molecule is COc1cccc2cc(C(=O)N3CCN(C(=O)[C@@H]4C[C@H]4c4ccc(F)cc4)CC3)oc12. The topological polar surface area (TPSA) is 63.0 Å². The maximum absolute atomic E-state index is 13.1. The van der Waals surface area contributed by atoms with Crippen molar-refractivity contribution < 1.29 is 23.1 Å². The second-order valence-electron chi connectivity index (χ2n) is 8.11. The average Bonchev–Trinajstić information content (AvgIpc) is 3.48. The van der Waals surface area contributed by atoms with Crippen molar-refractivity contribution in [2.45, 2.75) is 12.3 Å². The summed E-state index contributed by atoms with van der Waals surface area (Å²) in [7, 11) is 1.57. The van der Waals surface area contributed by atoms with E-state index < -0.39 is 0 Å². The molecule has 0 radical (unpaired) electrons. The van der Waals surface area contributed by atoms with Crippen LogP contribution in [-0.2, 0) is 4.79 Å². The van der Waals surface area contributed by atoms with E-state index in [1.165, 1.54) is 12.1 Å². The number of ether oxygens (including phenoxy) is 1. The third kappa shape index (κ3) is 3.65. The Hall–Kier alpha value is -3.35. The third-order valence-corrected chi connectivity index (χ3v) is 6.22. The van der Waals surface area contributed by atoms with Crippen LogP contribution in [0.25, 0.3) is 11.0 Å². The number of amides is 2. The molecule has 1 aliphatic heterocycles. The third-order valence-electron chi connectivity index (χ3n) is 6.22. The molecule has 0 N–H and O–H groups in total. The molecule has 1 saturated carbocycles. The summed E-state index contributed by atoms with van der Waals surface area (Å²) in [4.78, 5) is 29.3. The highest BCUT2D eigenvalue weighted by Gasteiger charge is 2.46. The second-order valence-corrected chi connectivity index (χ2v) is 8.11. The molecule has 0 unspecified atom stereocenters. The maximum atomic E-state index is 13.1. The summed E-state index contributed by atoms with van der Waals surface area (Å²) >= 11 is 0. The first-order valence-corrected chi connectivity index (χ1v) is 10.4. The molecule has 3 aromatic rings. The van der Waals surface area contributed by atoms with Gasteiger partial charge in [0.15, 0.2) is 17.1 Å². The lowest BCUT2D eigenvalue weighted by Gasteiger charge is -2.34. The summed E-state index contributed by atoms with van der Waals surface area (Å²) in [5, 5.41) is 0.817. The van der Waals surface area contributed by atoms with Crippen LogP contribution in [0.5, 0.6) is 5.75 Å². The van der Waals surface area contributed by atoms with Gasteiger partial charge in [-0.1, -0.05) is 24.3 Å². The summed E-state index contributed by atoms with van der Waals surface area (Å²) in [6.45, 7) is 1.93. The zero-order valence-electron chi connectivity index (χ0n) is 17.2. The lowest BCUT2D eigenvalue weighted by atomic mass is 10.1. The van der Waals surface area contributed by atoms with E-state index in [0.29, 0.717) is 37.5 Å². The van der Waals surface area contributed by atoms with E-state index in [1.807, 2.05) is 17.0 Å². The van der Waals surface area contributed by atoms with E-state index in [1.54, 1.807) is 36.3 Å². The summed E-state index contributed by atoms with van der Waals surface area (Å²) in [6.07, 6.45) is 0.796. The fourth-order valence-electron chi connectivity index (χ4n) is 4.37. The number of carbonyl (C=O) groups excluding carboxylic acids is 2. The molecular weight excluding hydrogens is 399 g/mol. The molecule has 1 saturated heterocycles. The number of carbonyl (C=O) groups is 2. The number of fused-ring (bicyclic) bond motifs is 1. The van der Waals surface area contributed by atoms with Gasteiger partial charge in [-0.2, -0.15) is 0 Å². The van der Waals surface area contributed by atoms with Gasteiger partial charge in [0.2, 0.25) is 5.91 Å². The molecule has 2 atom stereocenters. The number of hydrogen-bond donors (Lipinski definition) is 0. The van der Waals surface area contributed by atoms with Crippen LogP contribution in [0.1, 0.15) is 28.5 Å². The van der Waals surface area contributed by atoms with Crippen molar-refractivity contribution >= 4 is 22.8 Å². The Morgan fingerprint density at radius 2 is 1.74 bits per heavy atom. The summed E-state index contributed by atoms with van der Waals surface area (Å²) < 4.78 is 24.2. The molecule has 31 heavy (non-hydrogen) atoms. The van der Waals surface area contributed by atoms with E-state index in [4.69, 9.17) is 9.15 Å². The first kappa shape index (κ1) is 19.6. The molecule has 160 valence electrons. The smallest absolute Gasteiger partial charge is 0.289 e. The van der Waals surface area contributed by atoms with Crippen LogP contribution in [0.15, 0.2) is 52.9 Å². The van der Waals surface area contributed by atoms with Crippen LogP contribution in [0, 0.1) is 11.7 Å². The standard InChI is InChI=1S/C24H23FN2O4/c1-30-20-4-2-3-16-13-21(31-22(16)20)24(29)27-11-9-26(10-12-27)23(28)19-14-18(19)15-5-7-17(25)8-6-15/h2-8,13,18-19H,9-12,14H2,1H3/t18-,19+/m0/s1.